The van der Waals surface area contributed by atoms with E-state index in [9.17, 15) is 4.79 Å². The molecule has 9 heteroatoms. The highest BCUT2D eigenvalue weighted by molar-refractivity contribution is 6.31. The standard InChI is InChI=1S/C20H21ClN6O2/c1-29-20(28)19(15-5-2-3-6-16(15)21)26-11-9-25(10-12-26)17-13-22-14-18(24-17)27-8-4-7-23-27/h2-8,13-14,19H,9-12H2,1H3. The second kappa shape index (κ2) is 8.59. The summed E-state index contributed by atoms with van der Waals surface area (Å²) in [4.78, 5) is 25.7. The van der Waals surface area contributed by atoms with E-state index < -0.39 is 6.04 Å². The Labute approximate surface area is 173 Å². The number of hydrogen-bond acceptors (Lipinski definition) is 7. The first kappa shape index (κ1) is 19.4. The van der Waals surface area contributed by atoms with Crippen LogP contribution < -0.4 is 4.90 Å². The Hall–Kier alpha value is -2.97. The lowest BCUT2D eigenvalue weighted by molar-refractivity contribution is -0.147. The molecule has 0 radical (unpaired) electrons. The highest BCUT2D eigenvalue weighted by Gasteiger charge is 2.32. The Kier molecular flexibility index (Phi) is 5.73. The number of nitrogens with zero attached hydrogens (tertiary/aromatic N) is 6. The minimum atomic E-state index is -0.530. The summed E-state index contributed by atoms with van der Waals surface area (Å²) in [6, 6.07) is 8.70. The van der Waals surface area contributed by atoms with Crippen LogP contribution in [0.3, 0.4) is 0 Å². The molecule has 0 bridgehead atoms. The number of hydrogen-bond donors (Lipinski definition) is 0. The van der Waals surface area contributed by atoms with Crippen LogP contribution in [0.4, 0.5) is 5.82 Å². The van der Waals surface area contributed by atoms with Crippen molar-refractivity contribution < 1.29 is 9.53 Å². The molecule has 4 rings (SSSR count). The summed E-state index contributed by atoms with van der Waals surface area (Å²) in [6.45, 7) is 2.74. The Morgan fingerprint density at radius 2 is 1.86 bits per heavy atom. The molecule has 0 N–H and O–H groups in total. The van der Waals surface area contributed by atoms with E-state index in [-0.39, 0.29) is 5.97 Å². The highest BCUT2D eigenvalue weighted by Crippen LogP contribution is 2.30. The number of methoxy groups -OCH3 is 1. The van der Waals surface area contributed by atoms with Crippen LogP contribution in [0.2, 0.25) is 5.02 Å². The third kappa shape index (κ3) is 4.08. The van der Waals surface area contributed by atoms with E-state index in [0.717, 1.165) is 11.4 Å². The fourth-order valence-corrected chi connectivity index (χ4v) is 3.74. The van der Waals surface area contributed by atoms with E-state index in [4.69, 9.17) is 16.3 Å². The molecule has 1 aromatic carbocycles. The first-order valence-corrected chi connectivity index (χ1v) is 9.68. The van der Waals surface area contributed by atoms with Crippen molar-refractivity contribution in [2.45, 2.75) is 6.04 Å². The first-order valence-electron chi connectivity index (χ1n) is 9.30. The molecule has 0 saturated carbocycles. The average Bonchev–Trinajstić information content (AvgIpc) is 3.31. The molecule has 3 heterocycles. The summed E-state index contributed by atoms with van der Waals surface area (Å²) in [5.41, 5.74) is 0.759. The fourth-order valence-electron chi connectivity index (χ4n) is 3.50. The van der Waals surface area contributed by atoms with Gasteiger partial charge in [-0.05, 0) is 17.7 Å². The van der Waals surface area contributed by atoms with Gasteiger partial charge in [0.2, 0.25) is 0 Å². The fraction of sp³-hybridized carbons (Fsp3) is 0.300. The third-order valence-corrected chi connectivity index (χ3v) is 5.32. The van der Waals surface area contributed by atoms with Gasteiger partial charge < -0.3 is 9.64 Å². The lowest BCUT2D eigenvalue weighted by Gasteiger charge is -2.38. The summed E-state index contributed by atoms with van der Waals surface area (Å²) >= 11 is 6.36. The van der Waals surface area contributed by atoms with Crippen molar-refractivity contribution in [1.82, 2.24) is 24.6 Å². The number of anilines is 1. The molecule has 0 amide bonds. The van der Waals surface area contributed by atoms with Gasteiger partial charge in [-0.2, -0.15) is 5.10 Å². The zero-order valence-electron chi connectivity index (χ0n) is 16.0. The summed E-state index contributed by atoms with van der Waals surface area (Å²) in [6.07, 6.45) is 6.96. The molecule has 3 aromatic rings. The summed E-state index contributed by atoms with van der Waals surface area (Å²) in [5.74, 6) is 1.13. The molecule has 8 nitrogen and oxygen atoms in total. The van der Waals surface area contributed by atoms with E-state index >= 15 is 0 Å². The Morgan fingerprint density at radius 1 is 1.10 bits per heavy atom. The molecular weight excluding hydrogens is 392 g/mol. The van der Waals surface area contributed by atoms with Crippen LogP contribution in [0.1, 0.15) is 11.6 Å². The minimum absolute atomic E-state index is 0.313. The smallest absolute Gasteiger partial charge is 0.327 e. The second-order valence-corrected chi connectivity index (χ2v) is 7.06. The van der Waals surface area contributed by atoms with E-state index in [2.05, 4.69) is 24.9 Å². The van der Waals surface area contributed by atoms with Crippen LogP contribution in [-0.2, 0) is 9.53 Å². The number of piperazine rings is 1. The van der Waals surface area contributed by atoms with Crippen LogP contribution in [0.25, 0.3) is 5.82 Å². The summed E-state index contributed by atoms with van der Waals surface area (Å²) in [7, 11) is 1.40. The number of rotatable bonds is 5. The SMILES string of the molecule is COC(=O)C(c1ccccc1Cl)N1CCN(c2cncc(-n3cccn3)n2)CC1. The number of benzene rings is 1. The maximum Gasteiger partial charge on any atom is 0.327 e. The molecule has 29 heavy (non-hydrogen) atoms. The molecule has 1 atom stereocenters. The topological polar surface area (TPSA) is 76.4 Å². The van der Waals surface area contributed by atoms with Crippen LogP contribution in [-0.4, -0.2) is 63.9 Å². The van der Waals surface area contributed by atoms with Crippen molar-refractivity contribution in [3.05, 3.63) is 65.7 Å². The lowest BCUT2D eigenvalue weighted by atomic mass is 10.0. The van der Waals surface area contributed by atoms with Crippen molar-refractivity contribution in [3.63, 3.8) is 0 Å². The van der Waals surface area contributed by atoms with Crippen molar-refractivity contribution in [2.75, 3.05) is 38.2 Å². The highest BCUT2D eigenvalue weighted by atomic mass is 35.5. The molecule has 0 spiro atoms. The zero-order chi connectivity index (χ0) is 20.2. The van der Waals surface area contributed by atoms with Gasteiger partial charge in [-0.1, -0.05) is 29.8 Å². The normalized spacial score (nSPS) is 15.9. The van der Waals surface area contributed by atoms with Crippen LogP contribution >= 0.6 is 11.6 Å². The van der Waals surface area contributed by atoms with Gasteiger partial charge in [-0.25, -0.2) is 14.5 Å². The average molecular weight is 413 g/mol. The molecule has 1 fully saturated rings. The van der Waals surface area contributed by atoms with Gasteiger partial charge >= 0.3 is 5.97 Å². The number of ether oxygens (including phenoxy) is 1. The van der Waals surface area contributed by atoms with Gasteiger partial charge in [0.05, 0.1) is 19.5 Å². The third-order valence-electron chi connectivity index (χ3n) is 4.98. The molecule has 1 aliphatic heterocycles. The van der Waals surface area contributed by atoms with E-state index in [1.807, 2.05) is 30.5 Å². The Morgan fingerprint density at radius 3 is 2.55 bits per heavy atom. The van der Waals surface area contributed by atoms with Crippen molar-refractivity contribution >= 4 is 23.4 Å². The molecular formula is C20H21ClN6O2. The van der Waals surface area contributed by atoms with Crippen molar-refractivity contribution in [3.8, 4) is 5.82 Å². The molecule has 0 aliphatic carbocycles. The summed E-state index contributed by atoms with van der Waals surface area (Å²) in [5, 5.41) is 4.76. The van der Waals surface area contributed by atoms with E-state index in [1.54, 1.807) is 29.3 Å². The molecule has 1 unspecified atom stereocenters. The Balaban J connectivity index is 1.50. The predicted molar refractivity (Wildman–Crippen MR) is 109 cm³/mol. The first-order chi connectivity index (χ1) is 14.2. The number of carbonyl (C=O) groups is 1. The quantitative estimate of drug-likeness (QED) is 0.595. The molecule has 150 valence electrons. The second-order valence-electron chi connectivity index (χ2n) is 6.66. The van der Waals surface area contributed by atoms with Crippen molar-refractivity contribution in [1.29, 1.82) is 0 Å². The molecule has 1 aliphatic rings. The van der Waals surface area contributed by atoms with Gasteiger partial charge in [0.25, 0.3) is 0 Å². The largest absolute Gasteiger partial charge is 0.468 e. The maximum atomic E-state index is 12.5. The van der Waals surface area contributed by atoms with Crippen LogP contribution in [0, 0.1) is 0 Å². The van der Waals surface area contributed by atoms with Crippen LogP contribution in [0.5, 0.6) is 0 Å². The number of halogens is 1. The summed E-state index contributed by atoms with van der Waals surface area (Å²) < 4.78 is 6.74. The molecule has 2 aromatic heterocycles. The van der Waals surface area contributed by atoms with Gasteiger partial charge in [-0.15, -0.1) is 0 Å². The maximum absolute atomic E-state index is 12.5. The van der Waals surface area contributed by atoms with Gasteiger partial charge in [0.15, 0.2) is 5.82 Å². The van der Waals surface area contributed by atoms with Gasteiger partial charge in [0.1, 0.15) is 11.9 Å². The van der Waals surface area contributed by atoms with Gasteiger partial charge in [0, 0.05) is 43.6 Å². The van der Waals surface area contributed by atoms with Gasteiger partial charge in [-0.3, -0.25) is 9.88 Å². The molecule has 1 saturated heterocycles. The van der Waals surface area contributed by atoms with E-state index in [0.29, 0.717) is 37.0 Å². The monoisotopic (exact) mass is 412 g/mol. The Bertz CT molecular complexity index is 973. The van der Waals surface area contributed by atoms with E-state index in [1.165, 1.54) is 7.11 Å². The lowest BCUT2D eigenvalue weighted by Crippen LogP contribution is -2.49. The zero-order valence-corrected chi connectivity index (χ0v) is 16.7. The number of aromatic nitrogens is 4. The van der Waals surface area contributed by atoms with Crippen LogP contribution in [0.15, 0.2) is 55.1 Å². The number of esters is 1. The van der Waals surface area contributed by atoms with Crippen molar-refractivity contribution in [2.24, 2.45) is 0 Å². The number of carbonyl (C=O) groups excluding carboxylic acids is 1. The minimum Gasteiger partial charge on any atom is -0.468 e. The predicted octanol–water partition coefficient (Wildman–Crippen LogP) is 2.35.